The van der Waals surface area contributed by atoms with Crippen LogP contribution in [-0.2, 0) is 6.54 Å². The van der Waals surface area contributed by atoms with Crippen LogP contribution in [0.2, 0.25) is 0 Å². The van der Waals surface area contributed by atoms with E-state index in [1.165, 1.54) is 12.1 Å². The molecule has 3 N–H and O–H groups in total. The Balaban J connectivity index is 1.64. The van der Waals surface area contributed by atoms with Gasteiger partial charge < -0.3 is 10.6 Å². The number of nitrogens with one attached hydrogen (secondary N) is 3. The molecule has 0 fully saturated rings. The van der Waals surface area contributed by atoms with Crippen molar-refractivity contribution in [2.45, 2.75) is 13.5 Å². The van der Waals surface area contributed by atoms with Gasteiger partial charge >= 0.3 is 0 Å². The molecule has 7 heteroatoms. The number of hydrogen-bond donors (Lipinski definition) is 3. The smallest absolute Gasteiger partial charge is 0.225 e. The molecule has 2 aromatic carbocycles. The average Bonchev–Trinajstić information content (AvgIpc) is 3.05. The van der Waals surface area contributed by atoms with E-state index in [-0.39, 0.29) is 5.82 Å². The highest BCUT2D eigenvalue weighted by Crippen LogP contribution is 2.24. The molecular weight excluding hydrogens is 331 g/mol. The number of H-pyrrole nitrogens is 1. The van der Waals surface area contributed by atoms with Gasteiger partial charge in [0, 0.05) is 23.7 Å². The summed E-state index contributed by atoms with van der Waals surface area (Å²) in [6.07, 6.45) is 0. The van der Waals surface area contributed by atoms with Gasteiger partial charge in [-0.25, -0.2) is 9.37 Å². The zero-order chi connectivity index (χ0) is 17.9. The summed E-state index contributed by atoms with van der Waals surface area (Å²) in [5, 5.41) is 14.4. The van der Waals surface area contributed by atoms with Gasteiger partial charge in [-0.2, -0.15) is 10.1 Å². The lowest BCUT2D eigenvalue weighted by Crippen LogP contribution is -2.06. The van der Waals surface area contributed by atoms with Crippen LogP contribution in [0.1, 0.15) is 11.3 Å². The van der Waals surface area contributed by atoms with Gasteiger partial charge in [0.15, 0.2) is 5.82 Å². The zero-order valence-electron chi connectivity index (χ0n) is 14.1. The number of aromatic nitrogens is 4. The van der Waals surface area contributed by atoms with Crippen molar-refractivity contribution in [1.29, 1.82) is 0 Å². The van der Waals surface area contributed by atoms with E-state index in [0.29, 0.717) is 24.1 Å². The molecule has 0 saturated carbocycles. The van der Waals surface area contributed by atoms with Crippen LogP contribution in [0.15, 0.2) is 54.6 Å². The van der Waals surface area contributed by atoms with Gasteiger partial charge in [-0.05, 0) is 36.8 Å². The maximum atomic E-state index is 13.3. The van der Waals surface area contributed by atoms with Gasteiger partial charge in [0.25, 0.3) is 0 Å². The molecular formula is C19H17FN6. The molecule has 0 atom stereocenters. The summed E-state index contributed by atoms with van der Waals surface area (Å²) in [5.41, 5.74) is 2.58. The summed E-state index contributed by atoms with van der Waals surface area (Å²) in [6.45, 7) is 2.36. The van der Waals surface area contributed by atoms with Crippen LogP contribution in [0, 0.1) is 12.7 Å². The Morgan fingerprint density at radius 1 is 1.04 bits per heavy atom. The standard InChI is InChI=1S/C19H17FN6/c1-12-9-17(26-25-12)23-18-15-7-2-3-8-16(15)22-19(24-18)21-11-13-5-4-6-14(20)10-13/h2-10H,11H2,1H3,(H3,21,22,23,24,25,26). The molecule has 4 rings (SSSR count). The fourth-order valence-corrected chi connectivity index (χ4v) is 2.68. The van der Waals surface area contributed by atoms with Gasteiger partial charge in [0.1, 0.15) is 11.6 Å². The Morgan fingerprint density at radius 3 is 2.73 bits per heavy atom. The molecule has 4 aromatic rings. The lowest BCUT2D eigenvalue weighted by molar-refractivity contribution is 0.626. The largest absolute Gasteiger partial charge is 0.350 e. The third-order valence-corrected chi connectivity index (χ3v) is 3.90. The Morgan fingerprint density at radius 2 is 1.92 bits per heavy atom. The van der Waals surface area contributed by atoms with Crippen LogP contribution in [0.3, 0.4) is 0 Å². The SMILES string of the molecule is Cc1cc(Nc2nc(NCc3cccc(F)c3)nc3ccccc23)n[nH]1. The van der Waals surface area contributed by atoms with Crippen LogP contribution >= 0.6 is 0 Å². The second kappa shape index (κ2) is 6.79. The molecule has 0 aliphatic rings. The average molecular weight is 348 g/mol. The number of hydrogen-bond acceptors (Lipinski definition) is 5. The van der Waals surface area contributed by atoms with Crippen LogP contribution < -0.4 is 10.6 Å². The van der Waals surface area contributed by atoms with Crippen molar-refractivity contribution in [3.63, 3.8) is 0 Å². The number of aromatic amines is 1. The van der Waals surface area contributed by atoms with Crippen molar-refractivity contribution in [3.8, 4) is 0 Å². The molecule has 0 saturated heterocycles. The monoisotopic (exact) mass is 348 g/mol. The molecule has 0 bridgehead atoms. The van der Waals surface area contributed by atoms with Crippen molar-refractivity contribution in [2.75, 3.05) is 10.6 Å². The first kappa shape index (κ1) is 16.0. The maximum Gasteiger partial charge on any atom is 0.225 e. The van der Waals surface area contributed by atoms with E-state index in [2.05, 4.69) is 30.8 Å². The highest BCUT2D eigenvalue weighted by atomic mass is 19.1. The summed E-state index contributed by atoms with van der Waals surface area (Å²) >= 11 is 0. The first-order chi connectivity index (χ1) is 12.7. The Labute approximate surface area is 149 Å². The fraction of sp³-hybridized carbons (Fsp3) is 0.105. The van der Waals surface area contributed by atoms with Gasteiger partial charge in [0.05, 0.1) is 5.52 Å². The minimum Gasteiger partial charge on any atom is -0.350 e. The Hall–Kier alpha value is -3.48. The van der Waals surface area contributed by atoms with Crippen LogP contribution in [0.4, 0.5) is 22.0 Å². The Bertz CT molecular complexity index is 1060. The topological polar surface area (TPSA) is 78.5 Å². The minimum absolute atomic E-state index is 0.264. The summed E-state index contributed by atoms with van der Waals surface area (Å²) in [4.78, 5) is 9.10. The van der Waals surface area contributed by atoms with Crippen molar-refractivity contribution in [2.24, 2.45) is 0 Å². The van der Waals surface area contributed by atoms with E-state index in [1.807, 2.05) is 43.3 Å². The molecule has 0 amide bonds. The number of aryl methyl sites for hydroxylation is 1. The lowest BCUT2D eigenvalue weighted by Gasteiger charge is -2.10. The van der Waals surface area contributed by atoms with E-state index >= 15 is 0 Å². The second-order valence-corrected chi connectivity index (χ2v) is 5.96. The molecule has 2 aromatic heterocycles. The second-order valence-electron chi connectivity index (χ2n) is 5.96. The predicted octanol–water partition coefficient (Wildman–Crippen LogP) is 4.16. The third-order valence-electron chi connectivity index (χ3n) is 3.90. The van der Waals surface area contributed by atoms with Gasteiger partial charge in [-0.15, -0.1) is 0 Å². The number of halogens is 1. The molecule has 0 aliphatic heterocycles. The number of anilines is 3. The Kier molecular flexibility index (Phi) is 4.18. The summed E-state index contributed by atoms with van der Waals surface area (Å²) < 4.78 is 13.3. The van der Waals surface area contributed by atoms with Crippen molar-refractivity contribution in [3.05, 3.63) is 71.7 Å². The number of benzene rings is 2. The number of fused-ring (bicyclic) bond motifs is 1. The highest BCUT2D eigenvalue weighted by Gasteiger charge is 2.09. The molecule has 130 valence electrons. The van der Waals surface area contributed by atoms with Crippen LogP contribution in [0.25, 0.3) is 10.9 Å². The molecule has 0 unspecified atom stereocenters. The number of para-hydroxylation sites is 1. The van der Waals surface area contributed by atoms with E-state index in [9.17, 15) is 4.39 Å². The normalized spacial score (nSPS) is 10.8. The molecule has 0 spiro atoms. The maximum absolute atomic E-state index is 13.3. The summed E-state index contributed by atoms with van der Waals surface area (Å²) in [7, 11) is 0. The zero-order valence-corrected chi connectivity index (χ0v) is 14.1. The van der Waals surface area contributed by atoms with Crippen molar-refractivity contribution >= 4 is 28.5 Å². The van der Waals surface area contributed by atoms with E-state index in [4.69, 9.17) is 0 Å². The quantitative estimate of drug-likeness (QED) is 0.505. The van der Waals surface area contributed by atoms with Crippen molar-refractivity contribution in [1.82, 2.24) is 20.2 Å². The molecule has 0 radical (unpaired) electrons. The lowest BCUT2D eigenvalue weighted by atomic mass is 10.2. The third kappa shape index (κ3) is 3.46. The van der Waals surface area contributed by atoms with E-state index < -0.39 is 0 Å². The van der Waals surface area contributed by atoms with Crippen molar-refractivity contribution < 1.29 is 4.39 Å². The van der Waals surface area contributed by atoms with Gasteiger partial charge in [-0.1, -0.05) is 24.3 Å². The van der Waals surface area contributed by atoms with E-state index in [1.54, 1.807) is 6.07 Å². The van der Waals surface area contributed by atoms with Gasteiger partial charge in [0.2, 0.25) is 5.95 Å². The predicted molar refractivity (Wildman–Crippen MR) is 99.9 cm³/mol. The summed E-state index contributed by atoms with van der Waals surface area (Å²) in [5.74, 6) is 1.54. The van der Waals surface area contributed by atoms with E-state index in [0.717, 1.165) is 22.2 Å². The molecule has 0 aliphatic carbocycles. The summed E-state index contributed by atoms with van der Waals surface area (Å²) in [6, 6.07) is 16.1. The number of rotatable bonds is 5. The highest BCUT2D eigenvalue weighted by molar-refractivity contribution is 5.91. The minimum atomic E-state index is -0.264. The van der Waals surface area contributed by atoms with Crippen LogP contribution in [-0.4, -0.2) is 20.2 Å². The molecule has 2 heterocycles. The number of nitrogens with zero attached hydrogens (tertiary/aromatic N) is 3. The van der Waals surface area contributed by atoms with Gasteiger partial charge in [-0.3, -0.25) is 5.10 Å². The van der Waals surface area contributed by atoms with Crippen LogP contribution in [0.5, 0.6) is 0 Å². The first-order valence-electron chi connectivity index (χ1n) is 8.21. The fourth-order valence-electron chi connectivity index (χ4n) is 2.68. The first-order valence-corrected chi connectivity index (χ1v) is 8.21. The molecule has 26 heavy (non-hydrogen) atoms. The molecule has 6 nitrogen and oxygen atoms in total.